The molecule has 44 heavy (non-hydrogen) atoms. The molecule has 224 valence electrons. The highest BCUT2D eigenvalue weighted by molar-refractivity contribution is 7.16. The van der Waals surface area contributed by atoms with Crippen LogP contribution in [0.2, 0.25) is 0 Å². The molecule has 1 aliphatic carbocycles. The summed E-state index contributed by atoms with van der Waals surface area (Å²) in [5.74, 6) is -0.544. The number of nitrogens with zero attached hydrogens (tertiary/aromatic N) is 7. The van der Waals surface area contributed by atoms with Gasteiger partial charge in [0.2, 0.25) is 5.13 Å². The zero-order valence-corrected chi connectivity index (χ0v) is 25.0. The molecule has 0 radical (unpaired) electrons. The molecule has 2 heterocycles. The van der Waals surface area contributed by atoms with Crippen molar-refractivity contribution in [2.24, 2.45) is 10.2 Å². The summed E-state index contributed by atoms with van der Waals surface area (Å²) in [6, 6.07) is 17.3. The smallest absolute Gasteiger partial charge is 0.372 e. The lowest BCUT2D eigenvalue weighted by Gasteiger charge is -2.32. The first-order valence-electron chi connectivity index (χ1n) is 14.2. The van der Waals surface area contributed by atoms with Crippen molar-refractivity contribution in [3.8, 4) is 12.1 Å². The lowest BCUT2D eigenvalue weighted by atomic mass is 9.96. The molecule has 0 N–H and O–H groups in total. The third kappa shape index (κ3) is 5.86. The number of carbonyl (C=O) groups is 1. The van der Waals surface area contributed by atoms with Crippen LogP contribution in [0.1, 0.15) is 59.6 Å². The van der Waals surface area contributed by atoms with Crippen LogP contribution < -0.4 is 4.90 Å². The number of azo groups is 1. The van der Waals surface area contributed by atoms with Crippen LogP contribution >= 0.6 is 11.3 Å². The number of piperidine rings is 1. The first-order valence-corrected chi connectivity index (χ1v) is 15.1. The second-order valence-corrected chi connectivity index (χ2v) is 11.2. The van der Waals surface area contributed by atoms with Crippen LogP contribution in [0.4, 0.5) is 29.7 Å². The lowest BCUT2D eigenvalue weighted by molar-refractivity contribution is -0.140. The Bertz CT molecular complexity index is 1730. The van der Waals surface area contributed by atoms with E-state index in [0.717, 1.165) is 25.2 Å². The number of benzene rings is 2. The van der Waals surface area contributed by atoms with E-state index in [-0.39, 0.29) is 38.0 Å². The van der Waals surface area contributed by atoms with Gasteiger partial charge in [0.25, 0.3) is 0 Å². The Kier molecular flexibility index (Phi) is 8.93. The van der Waals surface area contributed by atoms with Crippen LogP contribution in [0.5, 0.6) is 0 Å². The summed E-state index contributed by atoms with van der Waals surface area (Å²) in [6.45, 7) is 6.53. The minimum atomic E-state index is -4.88. The number of hydrogen-bond acceptors (Lipinski definition) is 9. The molecule has 0 bridgehead atoms. The SMILES string of the molecule is CCN(CC)c1ccc(N=Nc2nc(C(F)(F)F)c(/C(=C3\C(=O)c4ccccc4C3=C(C#N)C#N)N3CCCCC3)s2)cc1. The van der Waals surface area contributed by atoms with Gasteiger partial charge < -0.3 is 9.80 Å². The minimum absolute atomic E-state index is 0.0127. The predicted octanol–water partition coefficient (Wildman–Crippen LogP) is 8.32. The molecule has 0 atom stereocenters. The van der Waals surface area contributed by atoms with Gasteiger partial charge in [0.05, 0.1) is 21.8 Å². The zero-order valence-electron chi connectivity index (χ0n) is 24.1. The first-order chi connectivity index (χ1) is 21.2. The van der Waals surface area contributed by atoms with Crippen molar-refractivity contribution < 1.29 is 18.0 Å². The maximum atomic E-state index is 14.6. The maximum absolute atomic E-state index is 14.6. The van der Waals surface area contributed by atoms with Crippen molar-refractivity contribution in [2.45, 2.75) is 39.3 Å². The average Bonchev–Trinajstić information content (AvgIpc) is 3.59. The quantitative estimate of drug-likeness (QED) is 0.150. The van der Waals surface area contributed by atoms with E-state index >= 15 is 0 Å². The molecule has 0 spiro atoms. The number of rotatable bonds is 7. The van der Waals surface area contributed by atoms with Crippen LogP contribution in [-0.2, 0) is 6.18 Å². The number of carbonyl (C=O) groups excluding carboxylic acids is 1. The summed E-state index contributed by atoms with van der Waals surface area (Å²) >= 11 is 0.679. The number of likely N-dealkylation sites (tertiary alicyclic amines) is 1. The number of aromatic nitrogens is 1. The Hall–Kier alpha value is -4.81. The normalized spacial score (nSPS) is 16.1. The van der Waals surface area contributed by atoms with Crippen LogP contribution in [0.25, 0.3) is 11.3 Å². The van der Waals surface area contributed by atoms with Gasteiger partial charge >= 0.3 is 6.18 Å². The van der Waals surface area contributed by atoms with Crippen molar-refractivity contribution in [3.05, 3.63) is 81.4 Å². The van der Waals surface area contributed by atoms with Crippen molar-refractivity contribution in [1.29, 1.82) is 10.5 Å². The molecule has 1 aromatic heterocycles. The summed E-state index contributed by atoms with van der Waals surface area (Å²) in [6.07, 6.45) is -2.58. The molecule has 3 aromatic rings. The van der Waals surface area contributed by atoms with Crippen LogP contribution in [0, 0.1) is 22.7 Å². The molecular formula is C32H28F3N7OS. The summed E-state index contributed by atoms with van der Waals surface area (Å²) in [4.78, 5) is 21.4. The zero-order chi connectivity index (χ0) is 31.4. The van der Waals surface area contributed by atoms with Gasteiger partial charge in [-0.3, -0.25) is 4.79 Å². The highest BCUT2D eigenvalue weighted by Crippen LogP contribution is 2.48. The molecule has 1 aliphatic heterocycles. The van der Waals surface area contributed by atoms with E-state index < -0.39 is 17.7 Å². The third-order valence-electron chi connectivity index (χ3n) is 7.63. The number of nitriles is 2. The number of thiazole rings is 1. The van der Waals surface area contributed by atoms with Crippen LogP contribution in [-0.4, -0.2) is 41.8 Å². The number of halogens is 3. The standard InChI is InChI=1S/C32H28F3N7OS/c1-3-41(4-2)22-14-12-21(13-15-22)39-40-31-38-30(32(33,34)35)29(44-31)27(42-16-8-5-9-17-42)26-25(20(18-36)19-37)23-10-6-7-11-24(23)28(26)43/h6-7,10-15H,3-5,8-9,16-17H2,1-2H3/b27-26+,40-39?. The third-order valence-corrected chi connectivity index (χ3v) is 8.58. The Morgan fingerprint density at radius 3 is 2.18 bits per heavy atom. The van der Waals surface area contributed by atoms with E-state index in [1.54, 1.807) is 41.3 Å². The Balaban J connectivity index is 1.70. The Morgan fingerprint density at radius 2 is 1.59 bits per heavy atom. The van der Waals surface area contributed by atoms with E-state index in [2.05, 4.69) is 20.1 Å². The monoisotopic (exact) mass is 615 g/mol. The number of anilines is 1. The van der Waals surface area contributed by atoms with E-state index in [4.69, 9.17) is 0 Å². The summed E-state index contributed by atoms with van der Waals surface area (Å²) in [5.41, 5.74) is 0.401. The summed E-state index contributed by atoms with van der Waals surface area (Å²) < 4.78 is 43.8. The molecule has 0 saturated carbocycles. The second-order valence-electron chi connectivity index (χ2n) is 10.2. The van der Waals surface area contributed by atoms with E-state index in [1.807, 2.05) is 38.1 Å². The van der Waals surface area contributed by atoms with Crippen molar-refractivity contribution in [3.63, 3.8) is 0 Å². The second kappa shape index (κ2) is 12.8. The van der Waals surface area contributed by atoms with Gasteiger partial charge in [-0.2, -0.15) is 23.7 Å². The van der Waals surface area contributed by atoms with Crippen LogP contribution in [0.15, 0.2) is 69.9 Å². The van der Waals surface area contributed by atoms with Crippen molar-refractivity contribution in [2.75, 3.05) is 31.1 Å². The molecule has 2 aliphatic rings. The summed E-state index contributed by atoms with van der Waals surface area (Å²) in [5, 5.41) is 27.6. The van der Waals surface area contributed by atoms with Gasteiger partial charge in [-0.25, -0.2) is 4.98 Å². The topological polar surface area (TPSA) is 109 Å². The number of hydrogen-bond donors (Lipinski definition) is 0. The fraction of sp³-hybridized carbons (Fsp3) is 0.312. The van der Waals surface area contributed by atoms with Gasteiger partial charge in [0, 0.05) is 43.0 Å². The van der Waals surface area contributed by atoms with Gasteiger partial charge in [-0.05, 0) is 62.9 Å². The van der Waals surface area contributed by atoms with Gasteiger partial charge in [0.15, 0.2) is 11.5 Å². The number of Topliss-reactive ketones (excluding diaryl/α,β-unsaturated/α-hetero) is 1. The maximum Gasteiger partial charge on any atom is 0.434 e. The number of alkyl halides is 3. The fourth-order valence-electron chi connectivity index (χ4n) is 5.56. The number of allylic oxidation sites excluding steroid dienone is 3. The molecule has 1 saturated heterocycles. The van der Waals surface area contributed by atoms with Crippen molar-refractivity contribution in [1.82, 2.24) is 9.88 Å². The average molecular weight is 616 g/mol. The lowest BCUT2D eigenvalue weighted by Crippen LogP contribution is -2.30. The highest BCUT2D eigenvalue weighted by Gasteiger charge is 2.43. The van der Waals surface area contributed by atoms with Gasteiger partial charge in [-0.1, -0.05) is 35.6 Å². The van der Waals surface area contributed by atoms with E-state index in [1.165, 1.54) is 0 Å². The Labute approximate surface area is 257 Å². The number of ketones is 1. The van der Waals surface area contributed by atoms with Gasteiger partial charge in [0.1, 0.15) is 17.7 Å². The van der Waals surface area contributed by atoms with Crippen molar-refractivity contribution >= 4 is 44.9 Å². The van der Waals surface area contributed by atoms with Crippen LogP contribution in [0.3, 0.4) is 0 Å². The molecule has 0 unspecified atom stereocenters. The molecule has 8 nitrogen and oxygen atoms in total. The molecule has 2 aromatic carbocycles. The molecule has 0 amide bonds. The first kappa shape index (κ1) is 30.6. The Morgan fingerprint density at radius 1 is 0.955 bits per heavy atom. The summed E-state index contributed by atoms with van der Waals surface area (Å²) in [7, 11) is 0. The largest absolute Gasteiger partial charge is 0.434 e. The minimum Gasteiger partial charge on any atom is -0.372 e. The highest BCUT2D eigenvalue weighted by atomic mass is 32.1. The number of fused-ring (bicyclic) bond motifs is 1. The molecule has 1 fully saturated rings. The fourth-order valence-corrected chi connectivity index (χ4v) is 6.55. The predicted molar refractivity (Wildman–Crippen MR) is 163 cm³/mol. The molecule has 12 heteroatoms. The van der Waals surface area contributed by atoms with Gasteiger partial charge in [-0.15, -0.1) is 10.2 Å². The van der Waals surface area contributed by atoms with E-state index in [0.29, 0.717) is 48.5 Å². The van der Waals surface area contributed by atoms with E-state index in [9.17, 15) is 28.5 Å². The molecular weight excluding hydrogens is 587 g/mol. The molecule has 5 rings (SSSR count).